The monoisotopic (exact) mass is 495 g/mol. The summed E-state index contributed by atoms with van der Waals surface area (Å²) in [7, 11) is 3.38. The van der Waals surface area contributed by atoms with Crippen LogP contribution in [0.5, 0.6) is 11.5 Å². The van der Waals surface area contributed by atoms with E-state index in [2.05, 4.69) is 4.98 Å². The van der Waals surface area contributed by atoms with Gasteiger partial charge in [0, 0.05) is 13.1 Å². The third kappa shape index (κ3) is 6.14. The average molecular weight is 496 g/mol. The first-order chi connectivity index (χ1) is 17.3. The number of anilines is 2. The lowest BCUT2D eigenvalue weighted by Gasteiger charge is -2.26. The first-order valence-electron chi connectivity index (χ1n) is 11.7. The summed E-state index contributed by atoms with van der Waals surface area (Å²) in [5, 5.41) is 0. The third-order valence-corrected chi connectivity index (χ3v) is 5.67. The molecule has 0 aliphatic heterocycles. The largest absolute Gasteiger partial charge is 0.493 e. The zero-order valence-corrected chi connectivity index (χ0v) is 21.1. The number of amides is 1. The quantitative estimate of drug-likeness (QED) is 0.417. The maximum atomic E-state index is 13.2. The van der Waals surface area contributed by atoms with E-state index in [4.69, 9.17) is 15.2 Å². The number of hydrogen-bond acceptors (Lipinski definition) is 7. The Morgan fingerprint density at radius 2 is 1.78 bits per heavy atom. The molecule has 3 aromatic rings. The van der Waals surface area contributed by atoms with Gasteiger partial charge in [-0.05, 0) is 44.2 Å². The van der Waals surface area contributed by atoms with Crippen LogP contribution in [0.15, 0.2) is 58.1 Å². The van der Waals surface area contributed by atoms with Crippen LogP contribution in [0, 0.1) is 0 Å². The number of aromatic nitrogens is 2. The Morgan fingerprint density at radius 1 is 1.06 bits per heavy atom. The molecule has 0 fully saturated rings. The van der Waals surface area contributed by atoms with Gasteiger partial charge in [0.2, 0.25) is 5.91 Å². The predicted molar refractivity (Wildman–Crippen MR) is 140 cm³/mol. The molecule has 0 spiro atoms. The van der Waals surface area contributed by atoms with E-state index in [-0.39, 0.29) is 37.0 Å². The fourth-order valence-corrected chi connectivity index (χ4v) is 3.99. The molecule has 192 valence electrons. The van der Waals surface area contributed by atoms with Crippen LogP contribution in [0.25, 0.3) is 0 Å². The highest BCUT2D eigenvalue weighted by Gasteiger charge is 2.24. The molecule has 0 aliphatic carbocycles. The number of ether oxygens (including phenoxy) is 2. The third-order valence-electron chi connectivity index (χ3n) is 5.67. The molecule has 3 rings (SSSR count). The number of carbonyl (C=O) groups excluding carboxylic acids is 1. The van der Waals surface area contributed by atoms with Gasteiger partial charge in [0.25, 0.3) is 5.56 Å². The van der Waals surface area contributed by atoms with Gasteiger partial charge in [0.05, 0.1) is 26.8 Å². The Balaban J connectivity index is 1.81. The Morgan fingerprint density at radius 3 is 2.42 bits per heavy atom. The minimum absolute atomic E-state index is 0.0278. The highest BCUT2D eigenvalue weighted by molar-refractivity contribution is 5.96. The highest BCUT2D eigenvalue weighted by Crippen LogP contribution is 2.28. The molecule has 0 bridgehead atoms. The molecule has 1 heterocycles. The summed E-state index contributed by atoms with van der Waals surface area (Å²) >= 11 is 0. The second-order valence-corrected chi connectivity index (χ2v) is 8.29. The summed E-state index contributed by atoms with van der Waals surface area (Å²) in [6, 6.07) is 14.9. The Hall–Kier alpha value is -4.05. The minimum atomic E-state index is -0.698. The molecule has 2 aromatic carbocycles. The van der Waals surface area contributed by atoms with Crippen LogP contribution in [-0.4, -0.2) is 54.2 Å². The summed E-state index contributed by atoms with van der Waals surface area (Å²) in [6.45, 7) is 5.04. The summed E-state index contributed by atoms with van der Waals surface area (Å²) in [5.74, 6) is 0.894. The van der Waals surface area contributed by atoms with E-state index in [1.54, 1.807) is 21.1 Å². The lowest BCUT2D eigenvalue weighted by molar-refractivity contribution is -0.119. The molecule has 0 saturated carbocycles. The first kappa shape index (κ1) is 26.6. The molecule has 0 atom stereocenters. The number of rotatable bonds is 11. The number of H-pyrrole nitrogens is 1. The highest BCUT2D eigenvalue weighted by atomic mass is 16.5. The number of hydrogen-bond donors (Lipinski definition) is 2. The second-order valence-electron chi connectivity index (χ2n) is 8.29. The Bertz CT molecular complexity index is 1300. The topological polar surface area (TPSA) is 123 Å². The zero-order valence-electron chi connectivity index (χ0n) is 21.1. The van der Waals surface area contributed by atoms with Crippen molar-refractivity contribution in [1.82, 2.24) is 14.5 Å². The van der Waals surface area contributed by atoms with Crippen molar-refractivity contribution in [3.05, 3.63) is 80.5 Å². The molecule has 10 nitrogen and oxygen atoms in total. The van der Waals surface area contributed by atoms with E-state index in [0.717, 1.165) is 11.1 Å². The van der Waals surface area contributed by atoms with Crippen molar-refractivity contribution in [2.45, 2.75) is 26.9 Å². The van der Waals surface area contributed by atoms with E-state index in [9.17, 15) is 14.4 Å². The smallest absolute Gasteiger partial charge is 0.330 e. The fraction of sp³-hybridized carbons (Fsp3) is 0.346. The van der Waals surface area contributed by atoms with E-state index >= 15 is 0 Å². The molecule has 0 unspecified atom stereocenters. The molecule has 0 aliphatic rings. The van der Waals surface area contributed by atoms with Crippen LogP contribution in [0.3, 0.4) is 0 Å². The van der Waals surface area contributed by atoms with Crippen LogP contribution in [0.2, 0.25) is 0 Å². The minimum Gasteiger partial charge on any atom is -0.493 e. The van der Waals surface area contributed by atoms with Crippen molar-refractivity contribution in [2.75, 3.05) is 44.5 Å². The molecule has 0 radical (unpaired) electrons. The summed E-state index contributed by atoms with van der Waals surface area (Å²) in [4.78, 5) is 43.9. The number of likely N-dealkylation sites (N-methyl/N-ethyl adjacent to an activating group) is 2. The molecule has 0 saturated heterocycles. The maximum Gasteiger partial charge on any atom is 0.330 e. The van der Waals surface area contributed by atoms with Gasteiger partial charge in [0.15, 0.2) is 17.2 Å². The lowest BCUT2D eigenvalue weighted by Crippen LogP contribution is -2.44. The molecule has 10 heteroatoms. The Labute approximate surface area is 209 Å². The van der Waals surface area contributed by atoms with E-state index in [1.807, 2.05) is 60.4 Å². The maximum absolute atomic E-state index is 13.2. The van der Waals surface area contributed by atoms with Crippen LogP contribution < -0.4 is 31.4 Å². The van der Waals surface area contributed by atoms with E-state index in [0.29, 0.717) is 24.7 Å². The van der Waals surface area contributed by atoms with Crippen molar-refractivity contribution in [2.24, 2.45) is 0 Å². The number of benzene rings is 2. The lowest BCUT2D eigenvalue weighted by atomic mass is 10.2. The Kier molecular flexibility index (Phi) is 8.91. The molecule has 1 aromatic heterocycles. The number of nitrogen functional groups attached to an aromatic ring is 1. The van der Waals surface area contributed by atoms with Crippen LogP contribution in [-0.2, 0) is 17.9 Å². The first-order valence-corrected chi connectivity index (χ1v) is 11.7. The van der Waals surface area contributed by atoms with Gasteiger partial charge in [0.1, 0.15) is 5.82 Å². The summed E-state index contributed by atoms with van der Waals surface area (Å²) < 4.78 is 12.2. The van der Waals surface area contributed by atoms with E-state index < -0.39 is 11.2 Å². The van der Waals surface area contributed by atoms with Crippen molar-refractivity contribution in [1.29, 1.82) is 0 Å². The summed E-state index contributed by atoms with van der Waals surface area (Å²) in [6.07, 6.45) is 0. The van der Waals surface area contributed by atoms with Crippen LogP contribution in [0.1, 0.15) is 25.0 Å². The number of nitrogens with two attached hydrogens (primary N) is 1. The predicted octanol–water partition coefficient (Wildman–Crippen LogP) is 2.06. The van der Waals surface area contributed by atoms with Gasteiger partial charge in [-0.3, -0.25) is 24.0 Å². The fourth-order valence-electron chi connectivity index (χ4n) is 3.99. The van der Waals surface area contributed by atoms with E-state index in [1.165, 1.54) is 9.47 Å². The van der Waals surface area contributed by atoms with Crippen LogP contribution in [0.4, 0.5) is 11.5 Å². The average Bonchev–Trinajstić information content (AvgIpc) is 2.85. The SMILES string of the molecule is CCOc1ccc(CN(C)CC(=O)N(CC)c2c(N)n(Cc3ccccc3)c(=O)[nH]c2=O)cc1OC. The number of carbonyl (C=O) groups is 1. The zero-order chi connectivity index (χ0) is 26.2. The van der Waals surface area contributed by atoms with Crippen molar-refractivity contribution < 1.29 is 14.3 Å². The van der Waals surface area contributed by atoms with Crippen molar-refractivity contribution in [3.63, 3.8) is 0 Å². The number of nitrogens with zero attached hydrogens (tertiary/aromatic N) is 3. The number of aromatic amines is 1. The number of methoxy groups -OCH3 is 1. The standard InChI is InChI=1S/C26H33N5O5/c1-5-30(22(32)17-29(3)15-19-12-13-20(36-6-2)21(14-19)35-4)23-24(27)31(26(34)28-25(23)33)16-18-10-8-7-9-11-18/h7-14H,5-6,15-17,27H2,1-4H3,(H,28,33,34). The second kappa shape index (κ2) is 12.1. The van der Waals surface area contributed by atoms with Crippen LogP contribution >= 0.6 is 0 Å². The molecular weight excluding hydrogens is 462 g/mol. The molecular formula is C26H33N5O5. The van der Waals surface area contributed by atoms with Gasteiger partial charge in [-0.15, -0.1) is 0 Å². The molecule has 3 N–H and O–H groups in total. The van der Waals surface area contributed by atoms with Gasteiger partial charge >= 0.3 is 5.69 Å². The van der Waals surface area contributed by atoms with Crippen molar-refractivity contribution >= 4 is 17.4 Å². The summed E-state index contributed by atoms with van der Waals surface area (Å²) in [5.41, 5.74) is 6.69. The normalized spacial score (nSPS) is 10.9. The molecule has 36 heavy (non-hydrogen) atoms. The van der Waals surface area contributed by atoms with Gasteiger partial charge in [-0.25, -0.2) is 4.79 Å². The van der Waals surface area contributed by atoms with Gasteiger partial charge < -0.3 is 20.1 Å². The number of nitrogens with one attached hydrogen (secondary N) is 1. The van der Waals surface area contributed by atoms with Crippen molar-refractivity contribution in [3.8, 4) is 11.5 Å². The van der Waals surface area contributed by atoms with Gasteiger partial charge in [-0.2, -0.15) is 0 Å². The van der Waals surface area contributed by atoms with Gasteiger partial charge in [-0.1, -0.05) is 36.4 Å². The molecule has 1 amide bonds.